The Kier molecular flexibility index (Phi) is 6.23. The van der Waals surface area contributed by atoms with Crippen molar-refractivity contribution in [1.82, 2.24) is 0 Å². The lowest BCUT2D eigenvalue weighted by atomic mass is 10.1. The van der Waals surface area contributed by atoms with Gasteiger partial charge >= 0.3 is 5.97 Å². The second-order valence-corrected chi connectivity index (χ2v) is 5.45. The van der Waals surface area contributed by atoms with Crippen LogP contribution in [-0.4, -0.2) is 23.8 Å². The van der Waals surface area contributed by atoms with Gasteiger partial charge in [0, 0.05) is 17.3 Å². The molecule has 1 N–H and O–H groups in total. The molecule has 0 saturated carbocycles. The van der Waals surface area contributed by atoms with E-state index in [0.717, 1.165) is 5.56 Å². The zero-order chi connectivity index (χ0) is 18.2. The number of benzene rings is 2. The molecule has 0 aliphatic heterocycles. The van der Waals surface area contributed by atoms with E-state index in [0.29, 0.717) is 11.3 Å². The first-order valence-corrected chi connectivity index (χ1v) is 7.81. The van der Waals surface area contributed by atoms with Crippen LogP contribution in [0.2, 0.25) is 0 Å². The number of rotatable bonds is 6. The fourth-order valence-corrected chi connectivity index (χ4v) is 2.03. The summed E-state index contributed by atoms with van der Waals surface area (Å²) in [5.41, 5.74) is 1.95. The summed E-state index contributed by atoms with van der Waals surface area (Å²) in [7, 11) is 0. The topological polar surface area (TPSA) is 72.5 Å². The van der Waals surface area contributed by atoms with Crippen molar-refractivity contribution in [3.63, 3.8) is 0 Å². The maximum atomic E-state index is 12.1. The van der Waals surface area contributed by atoms with E-state index in [2.05, 4.69) is 5.32 Å². The first-order valence-electron chi connectivity index (χ1n) is 7.81. The lowest BCUT2D eigenvalue weighted by Crippen LogP contribution is -2.29. The number of ketones is 1. The molecule has 0 aliphatic carbocycles. The second kappa shape index (κ2) is 8.59. The molecule has 2 aromatic carbocycles. The highest BCUT2D eigenvalue weighted by atomic mass is 16.5. The van der Waals surface area contributed by atoms with Crippen molar-refractivity contribution in [2.24, 2.45) is 0 Å². The number of ether oxygens (including phenoxy) is 1. The quantitative estimate of drug-likeness (QED) is 0.498. The zero-order valence-electron chi connectivity index (χ0n) is 14.1. The van der Waals surface area contributed by atoms with Gasteiger partial charge in [0.15, 0.2) is 11.9 Å². The van der Waals surface area contributed by atoms with Crippen LogP contribution >= 0.6 is 0 Å². The zero-order valence-corrected chi connectivity index (χ0v) is 14.1. The monoisotopic (exact) mass is 337 g/mol. The molecule has 0 spiro atoms. The standard InChI is InChI=1S/C20H19NO4/c1-14(22)17-9-11-18(12-10-17)21-20(24)15(2)25-19(23)13-8-16-6-4-3-5-7-16/h3-13,15H,1-2H3,(H,21,24)/b13-8+/t15-/m0/s1. The number of carbonyl (C=O) groups excluding carboxylic acids is 3. The molecule has 0 fully saturated rings. The predicted octanol–water partition coefficient (Wildman–Crippen LogP) is 3.47. The minimum Gasteiger partial charge on any atom is -0.449 e. The van der Waals surface area contributed by atoms with E-state index < -0.39 is 18.0 Å². The average molecular weight is 337 g/mol. The van der Waals surface area contributed by atoms with Gasteiger partial charge in [-0.15, -0.1) is 0 Å². The first kappa shape index (κ1) is 18.1. The third-order valence-corrected chi connectivity index (χ3v) is 3.43. The number of anilines is 1. The fraction of sp³-hybridized carbons (Fsp3) is 0.150. The Morgan fingerprint density at radius 3 is 2.24 bits per heavy atom. The van der Waals surface area contributed by atoms with Gasteiger partial charge in [0.05, 0.1) is 0 Å². The van der Waals surface area contributed by atoms with Crippen molar-refractivity contribution >= 4 is 29.4 Å². The maximum absolute atomic E-state index is 12.1. The number of carbonyl (C=O) groups is 3. The van der Waals surface area contributed by atoms with E-state index in [4.69, 9.17) is 4.74 Å². The van der Waals surface area contributed by atoms with Crippen molar-refractivity contribution in [2.45, 2.75) is 20.0 Å². The van der Waals surface area contributed by atoms with Crippen LogP contribution in [-0.2, 0) is 14.3 Å². The Balaban J connectivity index is 1.88. The summed E-state index contributed by atoms with van der Waals surface area (Å²) in [5.74, 6) is -1.10. The van der Waals surface area contributed by atoms with Gasteiger partial charge in [-0.05, 0) is 49.8 Å². The number of nitrogens with one attached hydrogen (secondary N) is 1. The van der Waals surface area contributed by atoms with Crippen LogP contribution < -0.4 is 5.32 Å². The van der Waals surface area contributed by atoms with E-state index in [-0.39, 0.29) is 5.78 Å². The summed E-state index contributed by atoms with van der Waals surface area (Å²) in [5, 5.41) is 2.64. The van der Waals surface area contributed by atoms with Crippen LogP contribution in [0.1, 0.15) is 29.8 Å². The predicted molar refractivity (Wildman–Crippen MR) is 96.1 cm³/mol. The fourth-order valence-electron chi connectivity index (χ4n) is 2.03. The van der Waals surface area contributed by atoms with Crippen LogP contribution in [0.3, 0.4) is 0 Å². The Morgan fingerprint density at radius 2 is 1.64 bits per heavy atom. The number of esters is 1. The molecule has 1 atom stereocenters. The summed E-state index contributed by atoms with van der Waals surface area (Å²) in [4.78, 5) is 35.1. The summed E-state index contributed by atoms with van der Waals surface area (Å²) in [6.45, 7) is 2.96. The Labute approximate surface area is 146 Å². The minimum absolute atomic E-state index is 0.0506. The highest BCUT2D eigenvalue weighted by Crippen LogP contribution is 2.11. The Hall–Kier alpha value is -3.21. The SMILES string of the molecule is CC(=O)c1ccc(NC(=O)[C@H](C)OC(=O)/C=C/c2ccccc2)cc1. The van der Waals surface area contributed by atoms with Gasteiger partial charge in [-0.1, -0.05) is 30.3 Å². The summed E-state index contributed by atoms with van der Waals surface area (Å²) < 4.78 is 5.08. The molecule has 128 valence electrons. The van der Waals surface area contributed by atoms with Crippen LogP contribution in [0.15, 0.2) is 60.7 Å². The average Bonchev–Trinajstić information content (AvgIpc) is 2.61. The first-order chi connectivity index (χ1) is 12.0. The lowest BCUT2D eigenvalue weighted by Gasteiger charge is -2.12. The molecular formula is C20H19NO4. The normalized spacial score (nSPS) is 11.8. The van der Waals surface area contributed by atoms with Gasteiger partial charge in [0.1, 0.15) is 0 Å². The molecule has 0 aromatic heterocycles. The third kappa shape index (κ3) is 5.73. The van der Waals surface area contributed by atoms with E-state index in [1.807, 2.05) is 30.3 Å². The molecule has 25 heavy (non-hydrogen) atoms. The molecular weight excluding hydrogens is 318 g/mol. The van der Waals surface area contributed by atoms with Crippen LogP contribution in [0.5, 0.6) is 0 Å². The molecule has 2 aromatic rings. The van der Waals surface area contributed by atoms with E-state index in [1.54, 1.807) is 30.3 Å². The highest BCUT2D eigenvalue weighted by Gasteiger charge is 2.16. The smallest absolute Gasteiger partial charge is 0.331 e. The van der Waals surface area contributed by atoms with Gasteiger partial charge < -0.3 is 10.1 Å². The van der Waals surface area contributed by atoms with Gasteiger partial charge in [-0.25, -0.2) is 4.79 Å². The van der Waals surface area contributed by atoms with Gasteiger partial charge in [-0.2, -0.15) is 0 Å². The minimum atomic E-state index is -0.944. The van der Waals surface area contributed by atoms with Crippen LogP contribution in [0.25, 0.3) is 6.08 Å². The van der Waals surface area contributed by atoms with Crippen molar-refractivity contribution < 1.29 is 19.1 Å². The Morgan fingerprint density at radius 1 is 1.00 bits per heavy atom. The molecule has 0 aliphatic rings. The van der Waals surface area contributed by atoms with E-state index >= 15 is 0 Å². The molecule has 5 heteroatoms. The van der Waals surface area contributed by atoms with Crippen molar-refractivity contribution in [3.8, 4) is 0 Å². The maximum Gasteiger partial charge on any atom is 0.331 e. The largest absolute Gasteiger partial charge is 0.449 e. The summed E-state index contributed by atoms with van der Waals surface area (Å²) in [6.07, 6.45) is 1.95. The summed E-state index contributed by atoms with van der Waals surface area (Å²) >= 11 is 0. The van der Waals surface area contributed by atoms with Gasteiger partial charge in [0.2, 0.25) is 0 Å². The molecule has 0 radical (unpaired) electrons. The lowest BCUT2D eigenvalue weighted by molar-refractivity contribution is -0.148. The van der Waals surface area contributed by atoms with E-state index in [1.165, 1.54) is 19.9 Å². The molecule has 2 rings (SSSR count). The molecule has 1 amide bonds. The molecule has 0 saturated heterocycles. The van der Waals surface area contributed by atoms with Gasteiger partial charge in [0.25, 0.3) is 5.91 Å². The summed E-state index contributed by atoms with van der Waals surface area (Å²) in [6, 6.07) is 15.8. The van der Waals surface area contributed by atoms with Crippen molar-refractivity contribution in [3.05, 3.63) is 71.8 Å². The number of hydrogen-bond donors (Lipinski definition) is 1. The van der Waals surface area contributed by atoms with E-state index in [9.17, 15) is 14.4 Å². The van der Waals surface area contributed by atoms with Crippen LogP contribution in [0.4, 0.5) is 5.69 Å². The Bertz CT molecular complexity index is 779. The van der Waals surface area contributed by atoms with Gasteiger partial charge in [-0.3, -0.25) is 9.59 Å². The number of amides is 1. The van der Waals surface area contributed by atoms with Crippen molar-refractivity contribution in [2.75, 3.05) is 5.32 Å². The number of Topliss-reactive ketones (excluding diaryl/α,β-unsaturated/α-hetero) is 1. The highest BCUT2D eigenvalue weighted by molar-refractivity contribution is 5.98. The third-order valence-electron chi connectivity index (χ3n) is 3.43. The van der Waals surface area contributed by atoms with Crippen LogP contribution in [0, 0.1) is 0 Å². The molecule has 0 heterocycles. The molecule has 0 unspecified atom stereocenters. The molecule has 5 nitrogen and oxygen atoms in total. The second-order valence-electron chi connectivity index (χ2n) is 5.45. The molecule has 0 bridgehead atoms. The number of hydrogen-bond acceptors (Lipinski definition) is 4. The van der Waals surface area contributed by atoms with Crippen molar-refractivity contribution in [1.29, 1.82) is 0 Å².